The lowest BCUT2D eigenvalue weighted by molar-refractivity contribution is 0.0159. The van der Waals surface area contributed by atoms with Crippen LogP contribution in [-0.2, 0) is 4.74 Å². The fourth-order valence-electron chi connectivity index (χ4n) is 2.46. The predicted octanol–water partition coefficient (Wildman–Crippen LogP) is 1.52. The van der Waals surface area contributed by atoms with Gasteiger partial charge in [0.15, 0.2) is 5.84 Å². The maximum Gasteiger partial charge on any atom is 0.171 e. The quantitative estimate of drug-likeness (QED) is 0.321. The third kappa shape index (κ3) is 4.09. The molecule has 0 unspecified atom stereocenters. The van der Waals surface area contributed by atoms with E-state index in [0.29, 0.717) is 12.2 Å². The Morgan fingerprint density at radius 2 is 2.14 bits per heavy atom. The first-order chi connectivity index (χ1) is 10.2. The first-order valence-electron chi connectivity index (χ1n) is 6.90. The van der Waals surface area contributed by atoms with Gasteiger partial charge in [-0.1, -0.05) is 5.16 Å². The molecule has 0 amide bonds. The fraction of sp³-hybridized carbons (Fsp3) is 0.500. The molecule has 6 nitrogen and oxygen atoms in total. The summed E-state index contributed by atoms with van der Waals surface area (Å²) in [4.78, 5) is 2.28. The van der Waals surface area contributed by atoms with E-state index in [4.69, 9.17) is 20.8 Å². The topological polar surface area (TPSA) is 91.3 Å². The second-order valence-corrected chi connectivity index (χ2v) is 5.78. The van der Waals surface area contributed by atoms with E-state index >= 15 is 0 Å². The van der Waals surface area contributed by atoms with Gasteiger partial charge in [0.25, 0.3) is 0 Å². The van der Waals surface area contributed by atoms with Gasteiger partial charge in [0.2, 0.25) is 0 Å². The molecule has 0 bridgehead atoms. The van der Waals surface area contributed by atoms with Crippen molar-refractivity contribution in [1.82, 2.24) is 0 Å². The number of nitrogens with zero attached hydrogens (tertiary/aromatic N) is 2. The van der Waals surface area contributed by atoms with Crippen LogP contribution in [0.5, 0.6) is 0 Å². The van der Waals surface area contributed by atoms with Crippen molar-refractivity contribution in [1.29, 1.82) is 0 Å². The summed E-state index contributed by atoms with van der Waals surface area (Å²) in [6.45, 7) is 2.30. The number of ether oxygens (including phenoxy) is 1. The number of aliphatic hydroxyl groups excluding tert-OH is 1. The summed E-state index contributed by atoms with van der Waals surface area (Å²) in [6, 6.07) is 5.78. The van der Waals surface area contributed by atoms with Crippen molar-refractivity contribution < 1.29 is 15.1 Å². The van der Waals surface area contributed by atoms with Crippen LogP contribution in [0.25, 0.3) is 0 Å². The number of amidine groups is 1. The number of halogens is 1. The molecule has 1 aromatic rings. The maximum atomic E-state index is 8.77. The highest BCUT2D eigenvalue weighted by molar-refractivity contribution is 9.10. The molecule has 21 heavy (non-hydrogen) atoms. The Hall–Kier alpha value is -1.31. The summed E-state index contributed by atoms with van der Waals surface area (Å²) in [5.74, 6) is 0.0875. The van der Waals surface area contributed by atoms with Gasteiger partial charge < -0.3 is 25.7 Å². The van der Waals surface area contributed by atoms with Crippen molar-refractivity contribution in [2.24, 2.45) is 10.9 Å². The Labute approximate surface area is 132 Å². The number of anilines is 1. The molecule has 2 rings (SSSR count). The molecule has 0 spiro atoms. The third-order valence-corrected chi connectivity index (χ3v) is 4.24. The summed E-state index contributed by atoms with van der Waals surface area (Å²) in [6.07, 6.45) is 2.12. The minimum absolute atomic E-state index is 0.0719. The molecule has 1 fully saturated rings. The molecule has 1 aromatic carbocycles. The highest BCUT2D eigenvalue weighted by Crippen LogP contribution is 2.27. The zero-order valence-corrected chi connectivity index (χ0v) is 13.3. The average Bonchev–Trinajstić information content (AvgIpc) is 2.52. The van der Waals surface area contributed by atoms with E-state index in [1.165, 1.54) is 0 Å². The largest absolute Gasteiger partial charge is 0.409 e. The minimum atomic E-state index is 0.0719. The maximum absolute atomic E-state index is 8.77. The highest BCUT2D eigenvalue weighted by atomic mass is 79.9. The Bertz CT molecular complexity index is 502. The molecule has 0 aliphatic carbocycles. The first kappa shape index (κ1) is 16.1. The molecule has 0 aromatic heterocycles. The van der Waals surface area contributed by atoms with E-state index in [9.17, 15) is 0 Å². The second kappa shape index (κ2) is 7.63. The molecule has 0 saturated carbocycles. The standard InChI is InChI=1S/C14H20BrN3O3/c15-13-9-10(1-2-12(13)14(16)17-20)18-5-3-11(4-6-18)21-8-7-19/h1-2,9,11,19-20H,3-8H2,(H2,16,17). The number of oxime groups is 1. The van der Waals surface area contributed by atoms with Crippen molar-refractivity contribution >= 4 is 27.5 Å². The van der Waals surface area contributed by atoms with Gasteiger partial charge in [-0.15, -0.1) is 0 Å². The van der Waals surface area contributed by atoms with Gasteiger partial charge in [-0.05, 0) is 47.0 Å². The number of hydrogen-bond acceptors (Lipinski definition) is 5. The molecule has 1 aliphatic rings. The van der Waals surface area contributed by atoms with Crippen LogP contribution >= 0.6 is 15.9 Å². The SMILES string of the molecule is N/C(=N/O)c1ccc(N2CCC(OCCO)CC2)cc1Br. The number of rotatable bonds is 5. The molecule has 1 aliphatic heterocycles. The van der Waals surface area contributed by atoms with Crippen LogP contribution in [0.2, 0.25) is 0 Å². The Morgan fingerprint density at radius 1 is 1.43 bits per heavy atom. The van der Waals surface area contributed by atoms with Crippen LogP contribution in [0.4, 0.5) is 5.69 Å². The smallest absolute Gasteiger partial charge is 0.171 e. The van der Waals surface area contributed by atoms with Gasteiger partial charge in [0.05, 0.1) is 19.3 Å². The number of piperidine rings is 1. The summed E-state index contributed by atoms with van der Waals surface area (Å²) < 4.78 is 6.36. The van der Waals surface area contributed by atoms with E-state index in [1.54, 1.807) is 0 Å². The lowest BCUT2D eigenvalue weighted by Gasteiger charge is -2.33. The summed E-state index contributed by atoms with van der Waals surface area (Å²) in [7, 11) is 0. The minimum Gasteiger partial charge on any atom is -0.409 e. The summed E-state index contributed by atoms with van der Waals surface area (Å²) in [5, 5.41) is 20.5. The van der Waals surface area contributed by atoms with Crippen LogP contribution in [0.15, 0.2) is 27.8 Å². The molecule has 0 atom stereocenters. The van der Waals surface area contributed by atoms with E-state index in [-0.39, 0.29) is 18.5 Å². The van der Waals surface area contributed by atoms with Gasteiger partial charge in [0, 0.05) is 28.8 Å². The number of aliphatic hydroxyl groups is 1. The molecule has 1 heterocycles. The van der Waals surface area contributed by atoms with Gasteiger partial charge >= 0.3 is 0 Å². The van der Waals surface area contributed by atoms with Crippen molar-refractivity contribution in [3.05, 3.63) is 28.2 Å². The van der Waals surface area contributed by atoms with Crippen LogP contribution in [0.3, 0.4) is 0 Å². The molecule has 0 radical (unpaired) electrons. The summed E-state index contributed by atoms with van der Waals surface area (Å²) >= 11 is 3.45. The van der Waals surface area contributed by atoms with Crippen molar-refractivity contribution in [3.63, 3.8) is 0 Å². The average molecular weight is 358 g/mol. The molecular weight excluding hydrogens is 338 g/mol. The van der Waals surface area contributed by atoms with Gasteiger partial charge in [-0.2, -0.15) is 0 Å². The Balaban J connectivity index is 1.99. The predicted molar refractivity (Wildman–Crippen MR) is 84.9 cm³/mol. The van der Waals surface area contributed by atoms with Crippen LogP contribution in [-0.4, -0.2) is 48.6 Å². The molecule has 1 saturated heterocycles. The zero-order chi connectivity index (χ0) is 15.2. The van der Waals surface area contributed by atoms with Crippen molar-refractivity contribution in [2.75, 3.05) is 31.2 Å². The van der Waals surface area contributed by atoms with Gasteiger partial charge in [-0.3, -0.25) is 0 Å². The normalized spacial score (nSPS) is 17.2. The highest BCUT2D eigenvalue weighted by Gasteiger charge is 2.20. The molecule has 4 N–H and O–H groups in total. The van der Waals surface area contributed by atoms with E-state index in [0.717, 1.165) is 36.1 Å². The first-order valence-corrected chi connectivity index (χ1v) is 7.70. The van der Waals surface area contributed by atoms with Crippen LogP contribution in [0, 0.1) is 0 Å². The van der Waals surface area contributed by atoms with E-state index in [2.05, 4.69) is 26.0 Å². The Morgan fingerprint density at radius 3 is 2.71 bits per heavy atom. The monoisotopic (exact) mass is 357 g/mol. The number of hydrogen-bond donors (Lipinski definition) is 3. The van der Waals surface area contributed by atoms with E-state index in [1.807, 2.05) is 18.2 Å². The molecule has 7 heteroatoms. The van der Waals surface area contributed by atoms with Crippen LogP contribution < -0.4 is 10.6 Å². The second-order valence-electron chi connectivity index (χ2n) is 4.93. The fourth-order valence-corrected chi connectivity index (χ4v) is 3.03. The number of nitrogens with two attached hydrogens (primary N) is 1. The lowest BCUT2D eigenvalue weighted by Crippen LogP contribution is -2.37. The number of benzene rings is 1. The zero-order valence-electron chi connectivity index (χ0n) is 11.7. The van der Waals surface area contributed by atoms with Crippen LogP contribution in [0.1, 0.15) is 18.4 Å². The van der Waals surface area contributed by atoms with Crippen molar-refractivity contribution in [2.45, 2.75) is 18.9 Å². The van der Waals surface area contributed by atoms with E-state index < -0.39 is 0 Å². The van der Waals surface area contributed by atoms with Gasteiger partial charge in [-0.25, -0.2) is 0 Å². The van der Waals surface area contributed by atoms with Crippen molar-refractivity contribution in [3.8, 4) is 0 Å². The third-order valence-electron chi connectivity index (χ3n) is 3.59. The molecular formula is C14H20BrN3O3. The summed E-state index contributed by atoms with van der Waals surface area (Å²) in [5.41, 5.74) is 7.37. The lowest BCUT2D eigenvalue weighted by atomic mass is 10.1. The van der Waals surface area contributed by atoms with Gasteiger partial charge in [0.1, 0.15) is 0 Å². The molecule has 116 valence electrons. The Kier molecular flexibility index (Phi) is 5.84.